The Balaban J connectivity index is 1.37. The van der Waals surface area contributed by atoms with Crippen LogP contribution >= 0.6 is 0 Å². The molecule has 4 fully saturated rings. The molecule has 4 rings (SSSR count). The number of hydrogen-bond donors (Lipinski definition) is 13. The number of rotatable bonds is 9. The summed E-state index contributed by atoms with van der Waals surface area (Å²) >= 11 is 0. The number of aliphatic hydroxyl groups is 13. The Labute approximate surface area is 243 Å². The van der Waals surface area contributed by atoms with Crippen LogP contribution in [-0.4, -0.2) is 210 Å². The third-order valence-electron chi connectivity index (χ3n) is 7.77. The topological polar surface area (TPSA) is 328 Å². The second kappa shape index (κ2) is 14.7. The predicted molar refractivity (Wildman–Crippen MR) is 128 cm³/mol. The first kappa shape index (κ1) is 35.1. The minimum Gasteiger partial charge on any atom is -0.394 e. The molecule has 0 bridgehead atoms. The molecular formula is C23H40O20. The van der Waals surface area contributed by atoms with Gasteiger partial charge in [0.1, 0.15) is 91.6 Å². The van der Waals surface area contributed by atoms with Gasteiger partial charge in [-0.2, -0.15) is 0 Å². The van der Waals surface area contributed by atoms with E-state index in [2.05, 4.69) is 0 Å². The maximum absolute atomic E-state index is 10.8. The van der Waals surface area contributed by atoms with Crippen LogP contribution in [0.25, 0.3) is 0 Å². The van der Waals surface area contributed by atoms with Crippen molar-refractivity contribution in [1.29, 1.82) is 0 Å². The summed E-state index contributed by atoms with van der Waals surface area (Å²) in [5.41, 5.74) is 0. The zero-order valence-corrected chi connectivity index (χ0v) is 22.5. The van der Waals surface area contributed by atoms with Crippen molar-refractivity contribution in [3.05, 3.63) is 0 Å². The highest BCUT2D eigenvalue weighted by Gasteiger charge is 2.51. The van der Waals surface area contributed by atoms with Crippen molar-refractivity contribution in [1.82, 2.24) is 0 Å². The van der Waals surface area contributed by atoms with Crippen LogP contribution in [0.3, 0.4) is 0 Å². The third kappa shape index (κ3) is 7.45. The molecule has 4 aliphatic heterocycles. The summed E-state index contributed by atoms with van der Waals surface area (Å²) < 4.78 is 37.3. The molecule has 43 heavy (non-hydrogen) atoms. The Hall–Kier alpha value is -0.800. The van der Waals surface area contributed by atoms with Gasteiger partial charge in [-0.25, -0.2) is 0 Å². The van der Waals surface area contributed by atoms with Gasteiger partial charge in [0, 0.05) is 0 Å². The zero-order chi connectivity index (χ0) is 31.7. The van der Waals surface area contributed by atoms with Crippen LogP contribution in [0.15, 0.2) is 0 Å². The molecule has 0 unspecified atom stereocenters. The van der Waals surface area contributed by atoms with E-state index in [1.165, 1.54) is 0 Å². The second-order valence-corrected chi connectivity index (χ2v) is 10.8. The van der Waals surface area contributed by atoms with Gasteiger partial charge in [0.15, 0.2) is 25.2 Å². The van der Waals surface area contributed by atoms with E-state index in [4.69, 9.17) is 33.2 Å². The Morgan fingerprint density at radius 1 is 0.488 bits per heavy atom. The van der Waals surface area contributed by atoms with E-state index in [9.17, 15) is 66.4 Å². The highest BCUT2D eigenvalue weighted by Crippen LogP contribution is 2.30. The van der Waals surface area contributed by atoms with Gasteiger partial charge in [0.05, 0.1) is 26.4 Å². The molecule has 0 spiro atoms. The summed E-state index contributed by atoms with van der Waals surface area (Å²) in [6.45, 7) is -2.51. The number of aliphatic hydroxyl groups excluding tert-OH is 13. The van der Waals surface area contributed by atoms with Crippen molar-refractivity contribution >= 4 is 0 Å². The average molecular weight is 637 g/mol. The van der Waals surface area contributed by atoms with E-state index in [1.807, 2.05) is 0 Å². The summed E-state index contributed by atoms with van der Waals surface area (Å²) in [5.74, 6) is 0. The largest absolute Gasteiger partial charge is 0.394 e. The predicted octanol–water partition coefficient (Wildman–Crippen LogP) is -9.11. The van der Waals surface area contributed by atoms with Gasteiger partial charge in [0.25, 0.3) is 0 Å². The van der Waals surface area contributed by atoms with Crippen molar-refractivity contribution in [2.45, 2.75) is 117 Å². The van der Waals surface area contributed by atoms with E-state index >= 15 is 0 Å². The van der Waals surface area contributed by atoms with Gasteiger partial charge in [-0.15, -0.1) is 0 Å². The minimum absolute atomic E-state index is 0.440. The molecule has 0 saturated carbocycles. The number of hydrogen-bond acceptors (Lipinski definition) is 20. The lowest BCUT2D eigenvalue weighted by Crippen LogP contribution is -2.64. The maximum Gasteiger partial charge on any atom is 0.186 e. The highest BCUT2D eigenvalue weighted by molar-refractivity contribution is 4.94. The summed E-state index contributed by atoms with van der Waals surface area (Å²) in [4.78, 5) is 0. The Bertz CT molecular complexity index is 871. The molecule has 4 heterocycles. The SMILES string of the molecule is OC[C@H]1O[C@@H](OC[C@H]2O[C@@H](OC[C@H]3O[C@@H](O)[C@H](O)[C@@H](O)[C@H]3O)[C@H](O)[C@@H](O)[C@H]2O)[C@H](O)[C@@H](O[C@@H]2OC[C@H](O)[C@H](O)[C@H]2O)[C@H]1O. The van der Waals surface area contributed by atoms with E-state index in [-0.39, 0.29) is 0 Å². The molecule has 0 aromatic carbocycles. The van der Waals surface area contributed by atoms with Gasteiger partial charge >= 0.3 is 0 Å². The molecule has 0 aromatic rings. The molecule has 4 saturated heterocycles. The summed E-state index contributed by atoms with van der Waals surface area (Å²) in [5, 5.41) is 131. The lowest BCUT2D eigenvalue weighted by Gasteiger charge is -2.45. The Kier molecular flexibility index (Phi) is 12.0. The molecule has 20 nitrogen and oxygen atoms in total. The second-order valence-electron chi connectivity index (χ2n) is 10.8. The normalized spacial score (nSPS) is 53.1. The van der Waals surface area contributed by atoms with E-state index < -0.39 is 143 Å². The van der Waals surface area contributed by atoms with Crippen LogP contribution in [0.4, 0.5) is 0 Å². The molecule has 0 aliphatic carbocycles. The monoisotopic (exact) mass is 636 g/mol. The fourth-order valence-corrected chi connectivity index (χ4v) is 5.05. The fourth-order valence-electron chi connectivity index (χ4n) is 5.05. The first-order valence-corrected chi connectivity index (χ1v) is 13.5. The van der Waals surface area contributed by atoms with Gasteiger partial charge in [-0.05, 0) is 0 Å². The van der Waals surface area contributed by atoms with Crippen molar-refractivity contribution in [3.8, 4) is 0 Å². The van der Waals surface area contributed by atoms with Crippen LogP contribution in [0, 0.1) is 0 Å². The molecule has 19 atom stereocenters. The fraction of sp³-hybridized carbons (Fsp3) is 1.00. The van der Waals surface area contributed by atoms with Gasteiger partial charge in [-0.1, -0.05) is 0 Å². The molecule has 252 valence electrons. The number of ether oxygens (including phenoxy) is 7. The molecule has 0 aromatic heterocycles. The molecule has 13 N–H and O–H groups in total. The van der Waals surface area contributed by atoms with Crippen LogP contribution in [0.1, 0.15) is 0 Å². The maximum atomic E-state index is 10.8. The lowest BCUT2D eigenvalue weighted by atomic mass is 9.97. The summed E-state index contributed by atoms with van der Waals surface area (Å²) in [6.07, 6.45) is -31.9. The first-order valence-electron chi connectivity index (χ1n) is 13.5. The Morgan fingerprint density at radius 2 is 1.00 bits per heavy atom. The van der Waals surface area contributed by atoms with Gasteiger partial charge < -0.3 is 99.5 Å². The van der Waals surface area contributed by atoms with Crippen LogP contribution in [-0.2, 0) is 33.2 Å². The van der Waals surface area contributed by atoms with Crippen molar-refractivity contribution in [2.24, 2.45) is 0 Å². The molecule has 20 heteroatoms. The van der Waals surface area contributed by atoms with Crippen LogP contribution in [0.2, 0.25) is 0 Å². The van der Waals surface area contributed by atoms with E-state index in [0.717, 1.165) is 0 Å². The summed E-state index contributed by atoms with van der Waals surface area (Å²) in [6, 6.07) is 0. The van der Waals surface area contributed by atoms with E-state index in [1.54, 1.807) is 0 Å². The molecule has 0 radical (unpaired) electrons. The van der Waals surface area contributed by atoms with Gasteiger partial charge in [-0.3, -0.25) is 0 Å². The molecular weight excluding hydrogens is 596 g/mol. The smallest absolute Gasteiger partial charge is 0.186 e. The minimum atomic E-state index is -1.87. The molecule has 0 amide bonds. The molecule has 4 aliphatic rings. The van der Waals surface area contributed by atoms with Crippen molar-refractivity contribution in [2.75, 3.05) is 26.4 Å². The lowest BCUT2D eigenvalue weighted by molar-refractivity contribution is -0.358. The highest BCUT2D eigenvalue weighted by atomic mass is 16.7. The van der Waals surface area contributed by atoms with Gasteiger partial charge in [0.2, 0.25) is 0 Å². The van der Waals surface area contributed by atoms with Crippen LogP contribution in [0.5, 0.6) is 0 Å². The summed E-state index contributed by atoms with van der Waals surface area (Å²) in [7, 11) is 0. The third-order valence-corrected chi connectivity index (χ3v) is 7.77. The standard InChI is InChI=1S/C23H40O20/c24-1-6-12(29)19(43-22-16(33)9(26)5(25)2-37-22)18(35)23(41-6)39-4-8-11(28)14(31)17(34)21(42-8)38-3-7-10(27)13(30)15(32)20(36)40-7/h5-36H,1-4H2/t5-,6+,7+,8+,9-,10-,11-,12-,13-,14-,15+,16+,17+,18+,19-,20+,21+,22-,23+/m0/s1. The Morgan fingerprint density at radius 3 is 1.60 bits per heavy atom. The van der Waals surface area contributed by atoms with Crippen molar-refractivity contribution < 1.29 is 99.5 Å². The quantitative estimate of drug-likeness (QED) is 0.112. The van der Waals surface area contributed by atoms with Crippen molar-refractivity contribution in [3.63, 3.8) is 0 Å². The zero-order valence-electron chi connectivity index (χ0n) is 22.5. The average Bonchev–Trinajstić information content (AvgIpc) is 2.99. The van der Waals surface area contributed by atoms with E-state index in [0.29, 0.717) is 0 Å². The first-order chi connectivity index (χ1) is 20.3. The van der Waals surface area contributed by atoms with Crippen LogP contribution < -0.4 is 0 Å².